The fourth-order valence-corrected chi connectivity index (χ4v) is 3.54. The molecule has 1 spiro atoms. The van der Waals surface area contributed by atoms with E-state index in [0.717, 1.165) is 12.1 Å². The van der Waals surface area contributed by atoms with Crippen LogP contribution in [0.2, 0.25) is 0 Å². The van der Waals surface area contributed by atoms with E-state index in [1.54, 1.807) is 24.3 Å². The first-order valence-electron chi connectivity index (χ1n) is 8.06. The molecule has 128 valence electrons. The molecule has 25 heavy (non-hydrogen) atoms. The third kappa shape index (κ3) is 2.63. The Labute approximate surface area is 143 Å². The summed E-state index contributed by atoms with van der Waals surface area (Å²) < 4.78 is 20.0. The van der Waals surface area contributed by atoms with Crippen LogP contribution in [0.5, 0.6) is 11.5 Å². The van der Waals surface area contributed by atoms with Crippen molar-refractivity contribution in [1.82, 2.24) is 4.90 Å². The lowest BCUT2D eigenvalue weighted by atomic mass is 9.89. The summed E-state index contributed by atoms with van der Waals surface area (Å²) in [6.45, 7) is 0.574. The lowest BCUT2D eigenvalue weighted by molar-refractivity contribution is 0.0427. The summed E-state index contributed by atoms with van der Waals surface area (Å²) in [4.78, 5) is 26.5. The van der Waals surface area contributed by atoms with Gasteiger partial charge in [-0.15, -0.1) is 0 Å². The van der Waals surface area contributed by atoms with Crippen molar-refractivity contribution in [1.29, 1.82) is 0 Å². The molecule has 2 aromatic rings. The van der Waals surface area contributed by atoms with Crippen molar-refractivity contribution >= 4 is 11.7 Å². The number of aromatic hydroxyl groups is 1. The standard InChI is InChI=1S/C19H16FNO4/c20-15-6-5-12(22)9-14(15)18(24)21-8-7-19(11-21)10-16(23)13-3-1-2-4-17(13)25-19/h1-6,9,22H,7-8,10-11H2. The van der Waals surface area contributed by atoms with Gasteiger partial charge in [-0.3, -0.25) is 9.59 Å². The molecule has 5 nitrogen and oxygen atoms in total. The second-order valence-electron chi connectivity index (χ2n) is 6.52. The molecule has 1 amide bonds. The van der Waals surface area contributed by atoms with Gasteiger partial charge in [0.25, 0.3) is 5.91 Å². The number of nitrogens with zero attached hydrogens (tertiary/aromatic N) is 1. The normalized spacial score (nSPS) is 22.0. The maximum absolute atomic E-state index is 13.9. The lowest BCUT2D eigenvalue weighted by Gasteiger charge is -2.34. The number of carbonyl (C=O) groups is 2. The summed E-state index contributed by atoms with van der Waals surface area (Å²) in [5.41, 5.74) is -0.398. The van der Waals surface area contributed by atoms with Gasteiger partial charge in [-0.05, 0) is 30.3 Å². The predicted octanol–water partition coefficient (Wildman–Crippen LogP) is 2.78. The van der Waals surface area contributed by atoms with Crippen LogP contribution in [0.15, 0.2) is 42.5 Å². The first kappa shape index (κ1) is 15.6. The van der Waals surface area contributed by atoms with Crippen molar-refractivity contribution in [2.24, 2.45) is 0 Å². The molecule has 1 fully saturated rings. The third-order valence-corrected chi connectivity index (χ3v) is 4.78. The van der Waals surface area contributed by atoms with Gasteiger partial charge in [-0.25, -0.2) is 4.39 Å². The Hall–Kier alpha value is -2.89. The molecule has 4 rings (SSSR count). The van der Waals surface area contributed by atoms with Crippen molar-refractivity contribution in [3.05, 3.63) is 59.4 Å². The number of amides is 1. The highest BCUT2D eigenvalue weighted by atomic mass is 19.1. The van der Waals surface area contributed by atoms with E-state index < -0.39 is 17.3 Å². The average molecular weight is 341 g/mol. The number of phenolic OH excluding ortho intramolecular Hbond substituents is 1. The number of halogens is 1. The number of carbonyl (C=O) groups excluding carboxylic acids is 2. The van der Waals surface area contributed by atoms with Crippen LogP contribution in [-0.4, -0.2) is 40.4 Å². The number of phenols is 1. The van der Waals surface area contributed by atoms with Gasteiger partial charge in [0.2, 0.25) is 0 Å². The van der Waals surface area contributed by atoms with Gasteiger partial charge in [0.1, 0.15) is 22.9 Å². The quantitative estimate of drug-likeness (QED) is 0.866. The van der Waals surface area contributed by atoms with Crippen molar-refractivity contribution in [2.45, 2.75) is 18.4 Å². The molecule has 1 unspecified atom stereocenters. The number of rotatable bonds is 1. The molecule has 6 heteroatoms. The number of para-hydroxylation sites is 1. The number of ether oxygens (including phenoxy) is 1. The van der Waals surface area contributed by atoms with E-state index in [2.05, 4.69) is 0 Å². The highest BCUT2D eigenvalue weighted by molar-refractivity contribution is 6.00. The fourth-order valence-electron chi connectivity index (χ4n) is 3.54. The van der Waals surface area contributed by atoms with Crippen molar-refractivity contribution < 1.29 is 23.8 Å². The predicted molar refractivity (Wildman–Crippen MR) is 87.3 cm³/mol. The van der Waals surface area contributed by atoms with Gasteiger partial charge in [0.05, 0.1) is 24.1 Å². The molecule has 0 aromatic heterocycles. The molecule has 2 aromatic carbocycles. The minimum atomic E-state index is -0.769. The Balaban J connectivity index is 1.59. The maximum Gasteiger partial charge on any atom is 0.257 e. The second kappa shape index (κ2) is 5.58. The summed E-state index contributed by atoms with van der Waals surface area (Å²) in [6.07, 6.45) is 0.690. The van der Waals surface area contributed by atoms with E-state index in [0.29, 0.717) is 24.3 Å². The van der Waals surface area contributed by atoms with Crippen LogP contribution in [0.1, 0.15) is 33.6 Å². The molecule has 1 atom stereocenters. The number of fused-ring (bicyclic) bond motifs is 1. The Morgan fingerprint density at radius 2 is 2.04 bits per heavy atom. The van der Waals surface area contributed by atoms with E-state index in [9.17, 15) is 19.1 Å². The molecule has 2 aliphatic rings. The SMILES string of the molecule is O=C1CC2(CCN(C(=O)c3cc(O)ccc3F)C2)Oc2ccccc21. The summed E-state index contributed by atoms with van der Waals surface area (Å²) in [6, 6.07) is 10.4. The number of hydrogen-bond donors (Lipinski definition) is 1. The Morgan fingerprint density at radius 3 is 2.88 bits per heavy atom. The number of likely N-dealkylation sites (tertiary alicyclic amines) is 1. The molecule has 2 aliphatic heterocycles. The van der Waals surface area contributed by atoms with Gasteiger partial charge in [0.15, 0.2) is 5.78 Å². The van der Waals surface area contributed by atoms with Crippen LogP contribution in [-0.2, 0) is 0 Å². The van der Waals surface area contributed by atoms with Crippen LogP contribution in [0.25, 0.3) is 0 Å². The zero-order valence-corrected chi connectivity index (χ0v) is 13.4. The Bertz CT molecular complexity index is 881. The Morgan fingerprint density at radius 1 is 1.24 bits per heavy atom. The average Bonchev–Trinajstić information content (AvgIpc) is 2.99. The minimum absolute atomic E-state index is 0.0142. The Kier molecular flexibility index (Phi) is 3.49. The van der Waals surface area contributed by atoms with Gasteiger partial charge < -0.3 is 14.7 Å². The molecule has 2 heterocycles. The van der Waals surface area contributed by atoms with Crippen LogP contribution in [0, 0.1) is 5.82 Å². The zero-order valence-electron chi connectivity index (χ0n) is 13.4. The third-order valence-electron chi connectivity index (χ3n) is 4.78. The monoisotopic (exact) mass is 341 g/mol. The van der Waals surface area contributed by atoms with E-state index in [4.69, 9.17) is 4.74 Å². The molecule has 0 saturated carbocycles. The molecule has 0 bridgehead atoms. The first-order chi connectivity index (χ1) is 12.0. The lowest BCUT2D eigenvalue weighted by Crippen LogP contribution is -2.45. The number of benzene rings is 2. The fraction of sp³-hybridized carbons (Fsp3) is 0.263. The van der Waals surface area contributed by atoms with E-state index in [1.807, 2.05) is 0 Å². The number of ketones is 1. The van der Waals surface area contributed by atoms with Crippen LogP contribution in [0.3, 0.4) is 0 Å². The van der Waals surface area contributed by atoms with E-state index in [-0.39, 0.29) is 30.1 Å². The molecule has 1 saturated heterocycles. The molecular formula is C19H16FNO4. The smallest absolute Gasteiger partial charge is 0.257 e. The summed E-state index contributed by atoms with van der Waals surface area (Å²) in [5, 5.41) is 9.51. The number of Topliss-reactive ketones (excluding diaryl/α,β-unsaturated/α-hetero) is 1. The summed E-state index contributed by atoms with van der Waals surface area (Å²) in [7, 11) is 0. The minimum Gasteiger partial charge on any atom is -0.508 e. The molecule has 0 aliphatic carbocycles. The van der Waals surface area contributed by atoms with E-state index >= 15 is 0 Å². The molecule has 1 N–H and O–H groups in total. The zero-order chi connectivity index (χ0) is 17.6. The van der Waals surface area contributed by atoms with Gasteiger partial charge in [-0.2, -0.15) is 0 Å². The van der Waals surface area contributed by atoms with Crippen LogP contribution >= 0.6 is 0 Å². The van der Waals surface area contributed by atoms with Crippen LogP contribution < -0.4 is 4.74 Å². The molecular weight excluding hydrogens is 325 g/mol. The van der Waals surface area contributed by atoms with Gasteiger partial charge >= 0.3 is 0 Å². The highest BCUT2D eigenvalue weighted by Crippen LogP contribution is 2.39. The van der Waals surface area contributed by atoms with Gasteiger partial charge in [0, 0.05) is 13.0 Å². The highest BCUT2D eigenvalue weighted by Gasteiger charge is 2.47. The van der Waals surface area contributed by atoms with Crippen LogP contribution in [0.4, 0.5) is 4.39 Å². The van der Waals surface area contributed by atoms with Crippen molar-refractivity contribution in [3.8, 4) is 11.5 Å². The largest absolute Gasteiger partial charge is 0.508 e. The van der Waals surface area contributed by atoms with E-state index in [1.165, 1.54) is 11.0 Å². The topological polar surface area (TPSA) is 66.8 Å². The summed E-state index contributed by atoms with van der Waals surface area (Å²) >= 11 is 0. The summed E-state index contributed by atoms with van der Waals surface area (Å²) in [5.74, 6) is -0.858. The van der Waals surface area contributed by atoms with Gasteiger partial charge in [-0.1, -0.05) is 12.1 Å². The maximum atomic E-state index is 13.9. The number of hydrogen-bond acceptors (Lipinski definition) is 4. The second-order valence-corrected chi connectivity index (χ2v) is 6.52. The van der Waals surface area contributed by atoms with Crippen molar-refractivity contribution in [2.75, 3.05) is 13.1 Å². The molecule has 0 radical (unpaired) electrons. The van der Waals surface area contributed by atoms with Crippen molar-refractivity contribution in [3.63, 3.8) is 0 Å². The first-order valence-corrected chi connectivity index (χ1v) is 8.06.